The highest BCUT2D eigenvalue weighted by Gasteiger charge is 2.37. The number of para-hydroxylation sites is 1. The molecule has 3 amide bonds. The fraction of sp³-hybridized carbons (Fsp3) is 0.652. The SMILES string of the molecule is CCC(C)CNC(=O)C(C1CCCC1)N1CCN(C(=O)Nc2ccccc2)CC1. The zero-order valence-electron chi connectivity index (χ0n) is 17.9. The highest BCUT2D eigenvalue weighted by molar-refractivity contribution is 5.89. The summed E-state index contributed by atoms with van der Waals surface area (Å²) in [5.41, 5.74) is 0.813. The van der Waals surface area contributed by atoms with E-state index in [4.69, 9.17) is 0 Å². The van der Waals surface area contributed by atoms with Gasteiger partial charge in [-0.15, -0.1) is 0 Å². The Balaban J connectivity index is 1.56. The summed E-state index contributed by atoms with van der Waals surface area (Å²) in [6, 6.07) is 9.44. The molecular weight excluding hydrogens is 364 g/mol. The summed E-state index contributed by atoms with van der Waals surface area (Å²) in [6.45, 7) is 7.89. The maximum absolute atomic E-state index is 13.1. The number of anilines is 1. The van der Waals surface area contributed by atoms with E-state index in [9.17, 15) is 9.59 Å². The van der Waals surface area contributed by atoms with E-state index >= 15 is 0 Å². The van der Waals surface area contributed by atoms with Crippen molar-refractivity contribution < 1.29 is 9.59 Å². The third kappa shape index (κ3) is 5.95. The molecule has 1 aliphatic heterocycles. The molecule has 0 radical (unpaired) electrons. The first-order valence-corrected chi connectivity index (χ1v) is 11.2. The van der Waals surface area contributed by atoms with Gasteiger partial charge in [-0.2, -0.15) is 0 Å². The summed E-state index contributed by atoms with van der Waals surface area (Å²) in [7, 11) is 0. The van der Waals surface area contributed by atoms with Gasteiger partial charge >= 0.3 is 6.03 Å². The van der Waals surface area contributed by atoms with Gasteiger partial charge in [-0.25, -0.2) is 4.79 Å². The second-order valence-corrected chi connectivity index (χ2v) is 8.57. The molecule has 160 valence electrons. The van der Waals surface area contributed by atoms with Gasteiger partial charge in [0, 0.05) is 38.4 Å². The molecule has 1 heterocycles. The largest absolute Gasteiger partial charge is 0.354 e. The van der Waals surface area contributed by atoms with Crippen molar-refractivity contribution in [2.24, 2.45) is 11.8 Å². The minimum atomic E-state index is -0.0607. The average molecular weight is 401 g/mol. The molecule has 0 spiro atoms. The molecule has 0 bridgehead atoms. The van der Waals surface area contributed by atoms with Crippen molar-refractivity contribution >= 4 is 17.6 Å². The Kier molecular flexibility index (Phi) is 7.92. The monoisotopic (exact) mass is 400 g/mol. The molecule has 2 fully saturated rings. The van der Waals surface area contributed by atoms with Gasteiger partial charge in [0.05, 0.1) is 6.04 Å². The molecule has 1 aliphatic carbocycles. The lowest BCUT2D eigenvalue weighted by Crippen LogP contribution is -2.58. The van der Waals surface area contributed by atoms with Crippen LogP contribution in [0.15, 0.2) is 30.3 Å². The third-order valence-electron chi connectivity index (χ3n) is 6.46. The Morgan fingerprint density at radius 2 is 1.72 bits per heavy atom. The quantitative estimate of drug-likeness (QED) is 0.736. The first-order chi connectivity index (χ1) is 14.1. The van der Waals surface area contributed by atoms with Crippen molar-refractivity contribution in [3.8, 4) is 0 Å². The van der Waals surface area contributed by atoms with Gasteiger partial charge in [-0.1, -0.05) is 51.3 Å². The van der Waals surface area contributed by atoms with Crippen molar-refractivity contribution in [3.63, 3.8) is 0 Å². The van der Waals surface area contributed by atoms with Crippen LogP contribution in [-0.4, -0.2) is 60.5 Å². The van der Waals surface area contributed by atoms with Crippen LogP contribution in [0.1, 0.15) is 46.0 Å². The number of urea groups is 1. The summed E-state index contributed by atoms with van der Waals surface area (Å²) >= 11 is 0. The minimum Gasteiger partial charge on any atom is -0.354 e. The fourth-order valence-corrected chi connectivity index (χ4v) is 4.40. The average Bonchev–Trinajstić information content (AvgIpc) is 3.27. The van der Waals surface area contributed by atoms with E-state index in [1.54, 1.807) is 0 Å². The van der Waals surface area contributed by atoms with Crippen LogP contribution in [0.25, 0.3) is 0 Å². The first-order valence-electron chi connectivity index (χ1n) is 11.2. The first kappa shape index (κ1) is 21.6. The molecule has 1 saturated heterocycles. The summed E-state index contributed by atoms with van der Waals surface area (Å²) < 4.78 is 0. The van der Waals surface area contributed by atoms with Crippen LogP contribution in [0.3, 0.4) is 0 Å². The molecule has 3 rings (SSSR count). The highest BCUT2D eigenvalue weighted by atomic mass is 16.2. The van der Waals surface area contributed by atoms with E-state index in [0.717, 1.165) is 44.6 Å². The van der Waals surface area contributed by atoms with Crippen molar-refractivity contribution in [1.82, 2.24) is 15.1 Å². The Morgan fingerprint density at radius 3 is 2.34 bits per heavy atom. The number of carbonyl (C=O) groups is 2. The van der Waals surface area contributed by atoms with Crippen LogP contribution < -0.4 is 10.6 Å². The van der Waals surface area contributed by atoms with E-state index in [1.807, 2.05) is 35.2 Å². The summed E-state index contributed by atoms with van der Waals surface area (Å²) in [5, 5.41) is 6.16. The van der Waals surface area contributed by atoms with Crippen molar-refractivity contribution in [2.75, 3.05) is 38.0 Å². The maximum Gasteiger partial charge on any atom is 0.321 e. The number of piperazine rings is 1. The summed E-state index contributed by atoms with van der Waals surface area (Å²) in [5.74, 6) is 1.12. The molecule has 2 atom stereocenters. The van der Waals surface area contributed by atoms with E-state index < -0.39 is 0 Å². The van der Waals surface area contributed by atoms with E-state index in [2.05, 4.69) is 29.4 Å². The number of nitrogens with zero attached hydrogens (tertiary/aromatic N) is 2. The van der Waals surface area contributed by atoms with Crippen LogP contribution in [0.2, 0.25) is 0 Å². The molecular formula is C23H36N4O2. The number of benzene rings is 1. The van der Waals surface area contributed by atoms with Gasteiger partial charge in [-0.05, 0) is 36.8 Å². The van der Waals surface area contributed by atoms with Gasteiger partial charge in [0.2, 0.25) is 5.91 Å². The zero-order valence-corrected chi connectivity index (χ0v) is 17.9. The number of rotatable bonds is 7. The van der Waals surface area contributed by atoms with Crippen LogP contribution in [-0.2, 0) is 4.79 Å². The van der Waals surface area contributed by atoms with Crippen molar-refractivity contribution in [3.05, 3.63) is 30.3 Å². The summed E-state index contributed by atoms with van der Waals surface area (Å²) in [4.78, 5) is 29.8. The van der Waals surface area contributed by atoms with E-state index in [-0.39, 0.29) is 18.0 Å². The number of hydrogen-bond acceptors (Lipinski definition) is 3. The molecule has 1 aromatic rings. The van der Waals surface area contributed by atoms with Gasteiger partial charge in [-0.3, -0.25) is 9.69 Å². The number of carbonyl (C=O) groups excluding carboxylic acids is 2. The predicted molar refractivity (Wildman–Crippen MR) is 117 cm³/mol. The number of nitrogens with one attached hydrogen (secondary N) is 2. The Bertz CT molecular complexity index is 652. The Labute approximate surface area is 175 Å². The van der Waals surface area contributed by atoms with Crippen molar-refractivity contribution in [1.29, 1.82) is 0 Å². The molecule has 6 nitrogen and oxygen atoms in total. The van der Waals surface area contributed by atoms with Crippen LogP contribution in [0.4, 0.5) is 10.5 Å². The lowest BCUT2D eigenvalue weighted by molar-refractivity contribution is -0.129. The molecule has 2 N–H and O–H groups in total. The highest BCUT2D eigenvalue weighted by Crippen LogP contribution is 2.31. The lowest BCUT2D eigenvalue weighted by Gasteiger charge is -2.40. The molecule has 2 aliphatic rings. The van der Waals surface area contributed by atoms with Gasteiger partial charge in [0.25, 0.3) is 0 Å². The Morgan fingerprint density at radius 1 is 1.07 bits per heavy atom. The molecule has 2 unspecified atom stereocenters. The second-order valence-electron chi connectivity index (χ2n) is 8.57. The Hall–Kier alpha value is -2.08. The second kappa shape index (κ2) is 10.6. The molecule has 1 aromatic carbocycles. The molecule has 0 aromatic heterocycles. The minimum absolute atomic E-state index is 0.0547. The number of hydrogen-bond donors (Lipinski definition) is 2. The smallest absolute Gasteiger partial charge is 0.321 e. The van der Waals surface area contributed by atoms with Gasteiger partial charge < -0.3 is 15.5 Å². The standard InChI is InChI=1S/C23H36N4O2/c1-3-18(2)17-24-22(28)21(19-9-7-8-10-19)26-13-15-27(16-14-26)23(29)25-20-11-5-4-6-12-20/h4-6,11-12,18-19,21H,3,7-10,13-17H2,1-2H3,(H,24,28)(H,25,29). The number of amides is 3. The third-order valence-corrected chi connectivity index (χ3v) is 6.46. The van der Waals surface area contributed by atoms with E-state index in [1.165, 1.54) is 12.8 Å². The van der Waals surface area contributed by atoms with Crippen molar-refractivity contribution in [2.45, 2.75) is 52.0 Å². The van der Waals surface area contributed by atoms with Gasteiger partial charge in [0.1, 0.15) is 0 Å². The molecule has 6 heteroatoms. The van der Waals surface area contributed by atoms with Gasteiger partial charge in [0.15, 0.2) is 0 Å². The van der Waals surface area contributed by atoms with Crippen LogP contribution in [0, 0.1) is 11.8 Å². The van der Waals surface area contributed by atoms with Crippen LogP contribution in [0.5, 0.6) is 0 Å². The molecule has 1 saturated carbocycles. The lowest BCUT2D eigenvalue weighted by atomic mass is 9.94. The normalized spacial score (nSPS) is 20.3. The summed E-state index contributed by atoms with van der Waals surface area (Å²) in [6.07, 6.45) is 5.79. The molecule has 29 heavy (non-hydrogen) atoms. The zero-order chi connectivity index (χ0) is 20.6. The van der Waals surface area contributed by atoms with E-state index in [0.29, 0.717) is 24.9 Å². The predicted octanol–water partition coefficient (Wildman–Crippen LogP) is 3.56. The fourth-order valence-electron chi connectivity index (χ4n) is 4.40. The van der Waals surface area contributed by atoms with Crippen LogP contribution >= 0.6 is 0 Å². The maximum atomic E-state index is 13.1. The topological polar surface area (TPSA) is 64.7 Å².